The van der Waals surface area contributed by atoms with Gasteiger partial charge in [0.1, 0.15) is 0 Å². The molecule has 0 radical (unpaired) electrons. The van der Waals surface area contributed by atoms with E-state index >= 15 is 0 Å². The van der Waals surface area contributed by atoms with Gasteiger partial charge in [-0.3, -0.25) is 9.59 Å². The number of rotatable bonds is 13. The fourth-order valence-corrected chi connectivity index (χ4v) is 1.98. The number of hydrogen-bond acceptors (Lipinski definition) is 2. The van der Waals surface area contributed by atoms with Gasteiger partial charge in [-0.05, 0) is 25.7 Å². The van der Waals surface area contributed by atoms with Crippen LogP contribution in [0, 0.1) is 0 Å². The summed E-state index contributed by atoms with van der Waals surface area (Å²) in [5, 5.41) is 5.78. The van der Waals surface area contributed by atoms with Gasteiger partial charge in [-0.1, -0.05) is 39.5 Å². The highest BCUT2D eigenvalue weighted by Crippen LogP contribution is 2.08. The van der Waals surface area contributed by atoms with Crippen LogP contribution in [0.5, 0.6) is 0 Å². The monoisotopic (exact) mass is 284 g/mol. The molecule has 0 heterocycles. The molecule has 118 valence electrons. The van der Waals surface area contributed by atoms with Gasteiger partial charge in [-0.15, -0.1) is 0 Å². The molecule has 0 spiro atoms. The number of unbranched alkanes of at least 4 members (excludes halogenated alkanes) is 5. The van der Waals surface area contributed by atoms with Crippen LogP contribution in [0.2, 0.25) is 0 Å². The van der Waals surface area contributed by atoms with Gasteiger partial charge < -0.3 is 10.6 Å². The molecule has 0 aromatic carbocycles. The molecule has 2 amide bonds. The van der Waals surface area contributed by atoms with Crippen LogP contribution in [0.15, 0.2) is 0 Å². The molecule has 0 aromatic rings. The molecule has 0 atom stereocenters. The summed E-state index contributed by atoms with van der Waals surface area (Å²) in [4.78, 5) is 22.7. The van der Waals surface area contributed by atoms with Crippen molar-refractivity contribution in [3.63, 3.8) is 0 Å². The molecule has 0 aliphatic carbocycles. The molecule has 0 aromatic heterocycles. The Morgan fingerprint density at radius 1 is 0.650 bits per heavy atom. The summed E-state index contributed by atoms with van der Waals surface area (Å²) in [5.74, 6) is 0.360. The lowest BCUT2D eigenvalue weighted by atomic mass is 10.1. The van der Waals surface area contributed by atoms with Crippen LogP contribution >= 0.6 is 0 Å². The van der Waals surface area contributed by atoms with Crippen LogP contribution < -0.4 is 10.6 Å². The standard InChI is InChI=1S/C16H32N2O2/c1-3-13-17-15(19)11-9-7-5-6-8-10-12-16(20)18-14-4-2/h3-14H2,1-2H3,(H,17,19)(H,18,20). The highest BCUT2D eigenvalue weighted by molar-refractivity contribution is 5.76. The summed E-state index contributed by atoms with van der Waals surface area (Å²) in [5.41, 5.74) is 0. The van der Waals surface area contributed by atoms with Crippen molar-refractivity contribution in [3.8, 4) is 0 Å². The van der Waals surface area contributed by atoms with Gasteiger partial charge >= 0.3 is 0 Å². The number of nitrogens with one attached hydrogen (secondary N) is 2. The van der Waals surface area contributed by atoms with Crippen LogP contribution in [0.1, 0.15) is 78.1 Å². The van der Waals surface area contributed by atoms with E-state index < -0.39 is 0 Å². The quantitative estimate of drug-likeness (QED) is 0.510. The maximum Gasteiger partial charge on any atom is 0.219 e. The summed E-state index contributed by atoms with van der Waals surface area (Å²) in [6.07, 6.45) is 9.81. The third-order valence-corrected chi connectivity index (χ3v) is 3.20. The second-order valence-electron chi connectivity index (χ2n) is 5.32. The summed E-state index contributed by atoms with van der Waals surface area (Å²) in [6, 6.07) is 0. The highest BCUT2D eigenvalue weighted by Gasteiger charge is 2.01. The van der Waals surface area contributed by atoms with Crippen LogP contribution in [-0.2, 0) is 9.59 Å². The van der Waals surface area contributed by atoms with E-state index in [9.17, 15) is 9.59 Å². The van der Waals surface area contributed by atoms with Crippen LogP contribution in [0.25, 0.3) is 0 Å². The predicted molar refractivity (Wildman–Crippen MR) is 83.5 cm³/mol. The van der Waals surface area contributed by atoms with E-state index in [1.165, 1.54) is 0 Å². The molecule has 20 heavy (non-hydrogen) atoms. The van der Waals surface area contributed by atoms with E-state index in [4.69, 9.17) is 0 Å². The third kappa shape index (κ3) is 13.4. The van der Waals surface area contributed by atoms with Crippen molar-refractivity contribution in [2.24, 2.45) is 0 Å². The van der Waals surface area contributed by atoms with Gasteiger partial charge in [-0.25, -0.2) is 0 Å². The molecule has 2 N–H and O–H groups in total. The van der Waals surface area contributed by atoms with E-state index in [2.05, 4.69) is 24.5 Å². The largest absolute Gasteiger partial charge is 0.356 e. The maximum atomic E-state index is 11.3. The second kappa shape index (κ2) is 14.4. The Morgan fingerprint density at radius 2 is 1.00 bits per heavy atom. The van der Waals surface area contributed by atoms with E-state index in [1.807, 2.05) is 0 Å². The molecule has 0 aliphatic heterocycles. The molecule has 4 nitrogen and oxygen atoms in total. The Bertz CT molecular complexity index is 229. The predicted octanol–water partition coefficient (Wildman–Crippen LogP) is 3.16. The van der Waals surface area contributed by atoms with Crippen molar-refractivity contribution in [1.82, 2.24) is 10.6 Å². The minimum absolute atomic E-state index is 0.180. The smallest absolute Gasteiger partial charge is 0.219 e. The highest BCUT2D eigenvalue weighted by atomic mass is 16.2. The lowest BCUT2D eigenvalue weighted by Gasteiger charge is -2.04. The van der Waals surface area contributed by atoms with Gasteiger partial charge in [0.2, 0.25) is 11.8 Å². The van der Waals surface area contributed by atoms with Gasteiger partial charge in [0.25, 0.3) is 0 Å². The summed E-state index contributed by atoms with van der Waals surface area (Å²) in [7, 11) is 0. The number of amides is 2. The van der Waals surface area contributed by atoms with E-state index in [0.717, 1.165) is 64.5 Å². The van der Waals surface area contributed by atoms with Gasteiger partial charge in [0.05, 0.1) is 0 Å². The lowest BCUT2D eigenvalue weighted by molar-refractivity contribution is -0.122. The van der Waals surface area contributed by atoms with Crippen molar-refractivity contribution in [1.29, 1.82) is 0 Å². The Hall–Kier alpha value is -1.06. The lowest BCUT2D eigenvalue weighted by Crippen LogP contribution is -2.23. The van der Waals surface area contributed by atoms with Crippen LogP contribution in [0.4, 0.5) is 0 Å². The first kappa shape index (κ1) is 18.9. The Labute approximate surface area is 124 Å². The molecule has 0 fully saturated rings. The van der Waals surface area contributed by atoms with Crippen molar-refractivity contribution >= 4 is 11.8 Å². The van der Waals surface area contributed by atoms with Crippen molar-refractivity contribution < 1.29 is 9.59 Å². The molecule has 0 bridgehead atoms. The normalized spacial score (nSPS) is 10.3. The average molecular weight is 284 g/mol. The zero-order valence-electron chi connectivity index (χ0n) is 13.3. The average Bonchev–Trinajstić information content (AvgIpc) is 2.45. The summed E-state index contributed by atoms with van der Waals surface area (Å²) < 4.78 is 0. The molecule has 0 saturated heterocycles. The third-order valence-electron chi connectivity index (χ3n) is 3.20. The maximum absolute atomic E-state index is 11.3. The van der Waals surface area contributed by atoms with Gasteiger partial charge in [0.15, 0.2) is 0 Å². The Balaban J connectivity index is 3.20. The molecular weight excluding hydrogens is 252 g/mol. The van der Waals surface area contributed by atoms with E-state index in [1.54, 1.807) is 0 Å². The van der Waals surface area contributed by atoms with Gasteiger partial charge in [0, 0.05) is 25.9 Å². The SMILES string of the molecule is CCCNC(=O)CCCCCCCCC(=O)NCCC. The number of carbonyl (C=O) groups is 2. The summed E-state index contributed by atoms with van der Waals surface area (Å²) in [6.45, 7) is 5.70. The first-order valence-electron chi connectivity index (χ1n) is 8.24. The van der Waals surface area contributed by atoms with Gasteiger partial charge in [-0.2, -0.15) is 0 Å². The topological polar surface area (TPSA) is 58.2 Å². The van der Waals surface area contributed by atoms with Crippen molar-refractivity contribution in [2.45, 2.75) is 78.1 Å². The first-order valence-corrected chi connectivity index (χ1v) is 8.24. The Morgan fingerprint density at radius 3 is 1.35 bits per heavy atom. The fraction of sp³-hybridized carbons (Fsp3) is 0.875. The summed E-state index contributed by atoms with van der Waals surface area (Å²) >= 11 is 0. The van der Waals surface area contributed by atoms with E-state index in [0.29, 0.717) is 12.8 Å². The Kier molecular flexibility index (Phi) is 13.6. The number of carbonyl (C=O) groups excluding carboxylic acids is 2. The molecule has 4 heteroatoms. The number of hydrogen-bond donors (Lipinski definition) is 2. The van der Waals surface area contributed by atoms with Crippen molar-refractivity contribution in [3.05, 3.63) is 0 Å². The molecule has 0 rings (SSSR count). The zero-order valence-corrected chi connectivity index (χ0v) is 13.3. The van der Waals surface area contributed by atoms with Crippen LogP contribution in [0.3, 0.4) is 0 Å². The van der Waals surface area contributed by atoms with E-state index in [-0.39, 0.29) is 11.8 Å². The molecule has 0 saturated carbocycles. The fourth-order valence-electron chi connectivity index (χ4n) is 1.98. The second-order valence-corrected chi connectivity index (χ2v) is 5.32. The zero-order chi connectivity index (χ0) is 15.1. The van der Waals surface area contributed by atoms with Crippen LogP contribution in [-0.4, -0.2) is 24.9 Å². The molecule has 0 unspecified atom stereocenters. The van der Waals surface area contributed by atoms with Crippen molar-refractivity contribution in [2.75, 3.05) is 13.1 Å². The first-order chi connectivity index (χ1) is 9.70. The minimum Gasteiger partial charge on any atom is -0.356 e. The molecule has 0 aliphatic rings. The molecular formula is C16H32N2O2. The minimum atomic E-state index is 0.180.